The van der Waals surface area contributed by atoms with Crippen molar-refractivity contribution in [3.05, 3.63) is 69.8 Å². The first kappa shape index (κ1) is 29.6. The lowest BCUT2D eigenvalue weighted by Gasteiger charge is -2.47. The molecule has 0 saturated carbocycles. The van der Waals surface area contributed by atoms with Crippen LogP contribution in [0.1, 0.15) is 103 Å². The second-order valence-corrected chi connectivity index (χ2v) is 11.6. The summed E-state index contributed by atoms with van der Waals surface area (Å²) >= 11 is 0. The molecule has 1 spiro atoms. The molecule has 0 aromatic heterocycles. The lowest BCUT2D eigenvalue weighted by atomic mass is 9.76. The van der Waals surface area contributed by atoms with Crippen LogP contribution in [0.15, 0.2) is 48.5 Å². The normalized spacial score (nSPS) is 18.3. The van der Waals surface area contributed by atoms with Gasteiger partial charge in [-0.05, 0) is 50.1 Å². The molecule has 2 aliphatic rings. The lowest BCUT2D eigenvalue weighted by Crippen LogP contribution is -2.60. The molecule has 1 atom stereocenters. The number of carbonyl (C=O) groups excluding carboxylic acids is 1. The number of benzene rings is 2. The van der Waals surface area contributed by atoms with Crippen LogP contribution in [-0.4, -0.2) is 29.8 Å². The maximum absolute atomic E-state index is 12.5. The van der Waals surface area contributed by atoms with Crippen LogP contribution in [0.3, 0.4) is 0 Å². The summed E-state index contributed by atoms with van der Waals surface area (Å²) in [6.07, 6.45) is 16.6. The highest BCUT2D eigenvalue weighted by Gasteiger charge is 2.58. The highest BCUT2D eigenvalue weighted by molar-refractivity contribution is 5.73. The Kier molecular flexibility index (Phi) is 9.88. The molecule has 2 aromatic rings. The predicted octanol–water partition coefficient (Wildman–Crippen LogP) is 8.35. The van der Waals surface area contributed by atoms with Crippen molar-refractivity contribution in [2.75, 3.05) is 18.1 Å². The number of ether oxygens (including phenoxy) is 2. The first-order chi connectivity index (χ1) is 19.3. The Morgan fingerprint density at radius 3 is 2.35 bits per heavy atom. The summed E-state index contributed by atoms with van der Waals surface area (Å²) in [4.78, 5) is 25.5. The van der Waals surface area contributed by atoms with Crippen molar-refractivity contribution in [3.8, 4) is 5.75 Å². The first-order valence-corrected chi connectivity index (χ1v) is 15.0. The van der Waals surface area contributed by atoms with Crippen LogP contribution in [-0.2, 0) is 14.9 Å². The van der Waals surface area contributed by atoms with E-state index in [1.54, 1.807) is 6.07 Å². The summed E-state index contributed by atoms with van der Waals surface area (Å²) in [5.41, 5.74) is 1.59. The zero-order valence-electron chi connectivity index (χ0n) is 24.3. The largest absolute Gasteiger partial charge is 0.464 e. The van der Waals surface area contributed by atoms with Crippen molar-refractivity contribution < 1.29 is 19.2 Å². The van der Waals surface area contributed by atoms with Crippen molar-refractivity contribution in [1.29, 1.82) is 0 Å². The van der Waals surface area contributed by atoms with Crippen molar-refractivity contribution >= 4 is 23.4 Å². The van der Waals surface area contributed by atoms with Gasteiger partial charge < -0.3 is 14.4 Å². The fraction of sp³-hybridized carbons (Fsp3) is 0.545. The summed E-state index contributed by atoms with van der Waals surface area (Å²) in [5, 5.41) is 11.3. The van der Waals surface area contributed by atoms with Crippen molar-refractivity contribution in [3.63, 3.8) is 0 Å². The van der Waals surface area contributed by atoms with Crippen molar-refractivity contribution in [1.82, 2.24) is 0 Å². The van der Waals surface area contributed by atoms with Crippen LogP contribution in [0.4, 0.5) is 11.4 Å². The number of nitrogens with zero attached hydrogens (tertiary/aromatic N) is 2. The third-order valence-electron chi connectivity index (χ3n) is 8.44. The number of rotatable bonds is 15. The van der Waals surface area contributed by atoms with Crippen molar-refractivity contribution in [2.24, 2.45) is 0 Å². The second kappa shape index (κ2) is 13.3. The number of non-ortho nitro benzene ring substituents is 1. The van der Waals surface area contributed by atoms with E-state index in [0.29, 0.717) is 24.3 Å². The number of anilines is 1. The van der Waals surface area contributed by atoms with Crippen LogP contribution >= 0.6 is 0 Å². The number of fused-ring (bicyclic) bond motifs is 2. The Morgan fingerprint density at radius 1 is 0.975 bits per heavy atom. The summed E-state index contributed by atoms with van der Waals surface area (Å²) < 4.78 is 12.4. The molecule has 2 aromatic carbocycles. The maximum Gasteiger partial charge on any atom is 0.305 e. The minimum absolute atomic E-state index is 0.0306. The van der Waals surface area contributed by atoms with Gasteiger partial charge in [-0.15, -0.1) is 0 Å². The van der Waals surface area contributed by atoms with Gasteiger partial charge in [-0.25, -0.2) is 0 Å². The molecule has 0 N–H and O–H groups in total. The molecular weight excluding hydrogens is 504 g/mol. The molecule has 0 saturated heterocycles. The topological polar surface area (TPSA) is 81.9 Å². The molecular formula is C33H44N2O5. The van der Waals surface area contributed by atoms with Gasteiger partial charge in [0.2, 0.25) is 5.72 Å². The Labute approximate surface area is 238 Å². The van der Waals surface area contributed by atoms with Gasteiger partial charge in [0.05, 0.1) is 16.9 Å². The molecule has 0 amide bonds. The zero-order valence-corrected chi connectivity index (χ0v) is 24.3. The molecule has 40 heavy (non-hydrogen) atoms. The smallest absolute Gasteiger partial charge is 0.305 e. The standard InChI is InChI=1S/C33H44N2O5/c1-4-5-6-7-8-9-10-11-12-13-18-31(36)39-24-23-34-29-17-15-14-16-28(29)32(2,3)33(34)22-21-26-25-27(35(37)38)19-20-30(26)40-33/h14-17,19-22,25H,4-13,18,23-24H2,1-3H3/t33-/m1/s1. The SMILES string of the molecule is CCCCCCCCCCCCC(=O)OCCN1c2ccccc2C(C)(C)[C@]12C=Cc1cc([N+](=O)[O-])ccc1O2. The quantitative estimate of drug-likeness (QED) is 0.0963. The van der Waals surface area contributed by atoms with Gasteiger partial charge in [-0.3, -0.25) is 14.9 Å². The Balaban J connectivity index is 1.33. The van der Waals surface area contributed by atoms with Crippen LogP contribution < -0.4 is 9.64 Å². The van der Waals surface area contributed by atoms with Gasteiger partial charge in [0, 0.05) is 29.8 Å². The molecule has 2 aliphatic heterocycles. The van der Waals surface area contributed by atoms with E-state index in [1.165, 1.54) is 63.5 Å². The van der Waals surface area contributed by atoms with Crippen LogP contribution in [0.25, 0.3) is 6.08 Å². The van der Waals surface area contributed by atoms with Crippen LogP contribution in [0.5, 0.6) is 5.75 Å². The highest BCUT2D eigenvalue weighted by Crippen LogP contribution is 2.54. The van der Waals surface area contributed by atoms with Crippen molar-refractivity contribution in [2.45, 2.75) is 103 Å². The molecule has 216 valence electrons. The first-order valence-electron chi connectivity index (χ1n) is 15.0. The summed E-state index contributed by atoms with van der Waals surface area (Å²) in [7, 11) is 0. The number of unbranched alkanes of at least 4 members (excludes halogenated alkanes) is 9. The average Bonchev–Trinajstić information content (AvgIpc) is 3.12. The van der Waals surface area contributed by atoms with Gasteiger partial charge in [0.25, 0.3) is 5.69 Å². The van der Waals surface area contributed by atoms with E-state index in [0.717, 1.165) is 24.1 Å². The highest BCUT2D eigenvalue weighted by atomic mass is 16.6. The van der Waals surface area contributed by atoms with Gasteiger partial charge in [0.1, 0.15) is 12.4 Å². The number of para-hydroxylation sites is 1. The number of nitro benzene ring substituents is 1. The molecule has 0 radical (unpaired) electrons. The van der Waals surface area contributed by atoms with Gasteiger partial charge >= 0.3 is 5.97 Å². The molecule has 0 unspecified atom stereocenters. The Morgan fingerprint density at radius 2 is 1.65 bits per heavy atom. The van der Waals surface area contributed by atoms with E-state index < -0.39 is 16.1 Å². The van der Waals surface area contributed by atoms with Gasteiger partial charge in [-0.2, -0.15) is 0 Å². The minimum Gasteiger partial charge on any atom is -0.464 e. The molecule has 4 rings (SSSR count). The van der Waals surface area contributed by atoms with Crippen LogP contribution in [0.2, 0.25) is 0 Å². The average molecular weight is 549 g/mol. The number of hydrogen-bond acceptors (Lipinski definition) is 6. The van der Waals surface area contributed by atoms with E-state index in [4.69, 9.17) is 9.47 Å². The fourth-order valence-electron chi connectivity index (χ4n) is 6.07. The monoisotopic (exact) mass is 548 g/mol. The maximum atomic E-state index is 12.5. The Bertz CT molecular complexity index is 1210. The van der Waals surface area contributed by atoms with E-state index in [1.807, 2.05) is 24.3 Å². The van der Waals surface area contributed by atoms with Gasteiger partial charge in [-0.1, -0.05) is 82.9 Å². The molecule has 7 nitrogen and oxygen atoms in total. The Hall–Kier alpha value is -3.35. The number of esters is 1. The molecule has 0 bridgehead atoms. The molecule has 0 fully saturated rings. The third kappa shape index (κ3) is 6.34. The molecule has 0 aliphatic carbocycles. The van der Waals surface area contributed by atoms with E-state index >= 15 is 0 Å². The zero-order chi connectivity index (χ0) is 28.6. The molecule has 2 heterocycles. The summed E-state index contributed by atoms with van der Waals surface area (Å²) in [6, 6.07) is 12.9. The summed E-state index contributed by atoms with van der Waals surface area (Å²) in [6.45, 7) is 7.26. The number of carbonyl (C=O) groups is 1. The molecule has 7 heteroatoms. The summed E-state index contributed by atoms with van der Waals surface area (Å²) in [5.74, 6) is 0.440. The lowest BCUT2D eigenvalue weighted by molar-refractivity contribution is -0.384. The fourth-order valence-corrected chi connectivity index (χ4v) is 6.07. The predicted molar refractivity (Wildman–Crippen MR) is 160 cm³/mol. The second-order valence-electron chi connectivity index (χ2n) is 11.6. The minimum atomic E-state index is -0.858. The van der Waals surface area contributed by atoms with E-state index in [9.17, 15) is 14.9 Å². The van der Waals surface area contributed by atoms with E-state index in [2.05, 4.69) is 37.8 Å². The van der Waals surface area contributed by atoms with E-state index in [-0.39, 0.29) is 18.3 Å². The van der Waals surface area contributed by atoms with Crippen LogP contribution in [0, 0.1) is 10.1 Å². The van der Waals surface area contributed by atoms with Gasteiger partial charge in [0.15, 0.2) is 0 Å². The number of nitro groups is 1. The number of hydrogen-bond donors (Lipinski definition) is 0. The third-order valence-corrected chi connectivity index (χ3v) is 8.44.